The minimum absolute atomic E-state index is 0.0430. The van der Waals surface area contributed by atoms with Crippen molar-refractivity contribution in [3.63, 3.8) is 0 Å². The Balaban J connectivity index is 2.53. The van der Waals surface area contributed by atoms with Crippen LogP contribution in [-0.4, -0.2) is 93.5 Å². The number of aliphatic hydroxyl groups excluding tert-OH is 3. The van der Waals surface area contributed by atoms with Crippen LogP contribution >= 0.6 is 7.82 Å². The first-order chi connectivity index (χ1) is 27.3. The monoisotopic (exact) mass is 831 g/mol. The summed E-state index contributed by atoms with van der Waals surface area (Å²) < 4.78 is 32.6. The highest BCUT2D eigenvalue weighted by Crippen LogP contribution is 2.43. The lowest BCUT2D eigenvalue weighted by Gasteiger charge is -2.20. The molecule has 0 spiro atoms. The van der Waals surface area contributed by atoms with Crippen LogP contribution in [0.15, 0.2) is 36.5 Å². The molecule has 1 unspecified atom stereocenters. The van der Waals surface area contributed by atoms with Crippen LogP contribution in [0, 0.1) is 11.8 Å². The Morgan fingerprint density at radius 1 is 0.754 bits per heavy atom. The van der Waals surface area contributed by atoms with E-state index in [1.807, 2.05) is 18.2 Å². The highest BCUT2D eigenvalue weighted by atomic mass is 31.2. The molecule has 1 rings (SSSR count). The van der Waals surface area contributed by atoms with E-state index in [0.29, 0.717) is 32.1 Å². The van der Waals surface area contributed by atoms with Gasteiger partial charge in [0.05, 0.1) is 31.5 Å². The smallest absolute Gasteiger partial charge is 0.472 e. The number of esters is 2. The molecule has 15 heteroatoms. The van der Waals surface area contributed by atoms with E-state index in [1.165, 1.54) is 25.7 Å². The minimum atomic E-state index is -4.78. The molecule has 1 saturated carbocycles. The quantitative estimate of drug-likeness (QED) is 0.0160. The molecule has 0 aromatic rings. The van der Waals surface area contributed by atoms with Gasteiger partial charge in [-0.1, -0.05) is 108 Å². The average Bonchev–Trinajstić information content (AvgIpc) is 3.44. The van der Waals surface area contributed by atoms with Gasteiger partial charge >= 0.3 is 25.7 Å². The molecule has 8 atom stereocenters. The van der Waals surface area contributed by atoms with Crippen molar-refractivity contribution in [2.24, 2.45) is 17.6 Å². The van der Waals surface area contributed by atoms with E-state index in [4.69, 9.17) is 24.8 Å². The van der Waals surface area contributed by atoms with Gasteiger partial charge < -0.3 is 40.5 Å². The van der Waals surface area contributed by atoms with E-state index >= 15 is 0 Å². The Morgan fingerprint density at radius 2 is 1.33 bits per heavy atom. The number of carboxylic acid groups (broad SMARTS) is 1. The first kappa shape index (κ1) is 52.6. The molecule has 1 fully saturated rings. The lowest BCUT2D eigenvalue weighted by molar-refractivity contribution is -0.161. The summed E-state index contributed by atoms with van der Waals surface area (Å²) in [5.41, 5.74) is 5.32. The predicted molar refractivity (Wildman–Crippen MR) is 219 cm³/mol. The zero-order valence-corrected chi connectivity index (χ0v) is 35.4. The molecule has 0 heterocycles. The van der Waals surface area contributed by atoms with Crippen LogP contribution in [0.4, 0.5) is 0 Å². The van der Waals surface area contributed by atoms with Crippen LogP contribution in [0.1, 0.15) is 149 Å². The van der Waals surface area contributed by atoms with Crippen molar-refractivity contribution in [2.45, 2.75) is 179 Å². The highest BCUT2D eigenvalue weighted by molar-refractivity contribution is 7.47. The first-order valence-electron chi connectivity index (χ1n) is 21.3. The molecule has 0 aromatic heterocycles. The standard InChI is InChI=1S/C42H74NO13P/c1-3-5-7-8-9-10-11-12-13-14-15-16-22-26-41(48)56-34(31-54-57(51,52)55-32-37(43)42(49)50)30-53-40(47)25-21-18-17-20-24-35-36(39(46)29-38(35)45)28-27-33(44)23-19-6-4-2/h10-11,17,20,27-28,33-39,44-46H,3-9,12-16,18-19,21-26,29-32,43H2,1-2H3,(H,49,50)(H,51,52)/b11-10-,20-17+,28-27+/t33-,34+,35+,36+,37-,38-,39+/m0/s1. The molecule has 0 amide bonds. The first-order valence-corrected chi connectivity index (χ1v) is 22.8. The Labute approximate surface area is 340 Å². The summed E-state index contributed by atoms with van der Waals surface area (Å²) in [6, 6.07) is -1.56. The molecular weight excluding hydrogens is 757 g/mol. The van der Waals surface area contributed by atoms with Crippen molar-refractivity contribution in [1.29, 1.82) is 0 Å². The van der Waals surface area contributed by atoms with Gasteiger partial charge in [0.2, 0.25) is 0 Å². The van der Waals surface area contributed by atoms with Crippen LogP contribution in [0.5, 0.6) is 0 Å². The third-order valence-corrected chi connectivity index (χ3v) is 10.9. The lowest BCUT2D eigenvalue weighted by Crippen LogP contribution is -2.34. The molecule has 0 bridgehead atoms. The maximum absolute atomic E-state index is 12.6. The Bertz CT molecular complexity index is 1230. The zero-order chi connectivity index (χ0) is 42.3. The van der Waals surface area contributed by atoms with Gasteiger partial charge in [0.15, 0.2) is 6.10 Å². The molecule has 0 aromatic carbocycles. The molecule has 1 aliphatic carbocycles. The van der Waals surface area contributed by atoms with Crippen molar-refractivity contribution in [3.8, 4) is 0 Å². The van der Waals surface area contributed by atoms with Crippen LogP contribution in [0.25, 0.3) is 0 Å². The number of hydrogen-bond donors (Lipinski definition) is 6. The van der Waals surface area contributed by atoms with E-state index in [0.717, 1.165) is 57.8 Å². The fourth-order valence-electron chi connectivity index (χ4n) is 6.46. The number of ether oxygens (including phenoxy) is 2. The van der Waals surface area contributed by atoms with Gasteiger partial charge in [0.25, 0.3) is 0 Å². The number of unbranched alkanes of at least 4 members (excludes halogenated alkanes) is 12. The fraction of sp³-hybridized carbons (Fsp3) is 0.786. The second-order valence-corrected chi connectivity index (χ2v) is 16.5. The molecule has 330 valence electrons. The van der Waals surface area contributed by atoms with Gasteiger partial charge in [-0.05, 0) is 63.7 Å². The number of rotatable bonds is 35. The number of carboxylic acids is 1. The topological polar surface area (TPSA) is 232 Å². The second-order valence-electron chi connectivity index (χ2n) is 15.1. The number of hydrogen-bond acceptors (Lipinski definition) is 12. The third kappa shape index (κ3) is 27.1. The number of carbonyl (C=O) groups is 3. The zero-order valence-electron chi connectivity index (χ0n) is 34.5. The summed E-state index contributed by atoms with van der Waals surface area (Å²) in [7, 11) is -4.78. The van der Waals surface area contributed by atoms with Crippen molar-refractivity contribution in [3.05, 3.63) is 36.5 Å². The van der Waals surface area contributed by atoms with Crippen LogP contribution < -0.4 is 5.73 Å². The minimum Gasteiger partial charge on any atom is -0.480 e. The molecule has 14 nitrogen and oxygen atoms in total. The van der Waals surface area contributed by atoms with Crippen molar-refractivity contribution in [2.75, 3.05) is 19.8 Å². The van der Waals surface area contributed by atoms with Crippen molar-refractivity contribution in [1.82, 2.24) is 0 Å². The number of carbonyl (C=O) groups excluding carboxylic acids is 2. The predicted octanol–water partition coefficient (Wildman–Crippen LogP) is 7.22. The van der Waals surface area contributed by atoms with Gasteiger partial charge in [-0.2, -0.15) is 0 Å². The summed E-state index contributed by atoms with van der Waals surface area (Å²) >= 11 is 0. The highest BCUT2D eigenvalue weighted by Gasteiger charge is 2.39. The Hall–Kier alpha value is -2.42. The summed E-state index contributed by atoms with van der Waals surface area (Å²) in [6.45, 7) is 2.42. The van der Waals surface area contributed by atoms with Crippen molar-refractivity contribution >= 4 is 25.7 Å². The number of allylic oxidation sites excluding steroid dienone is 4. The van der Waals surface area contributed by atoms with E-state index in [1.54, 1.807) is 6.08 Å². The molecule has 57 heavy (non-hydrogen) atoms. The Morgan fingerprint density at radius 3 is 2.02 bits per heavy atom. The van der Waals surface area contributed by atoms with Crippen LogP contribution in [0.2, 0.25) is 0 Å². The summed E-state index contributed by atoms with van der Waals surface area (Å²) in [4.78, 5) is 46.1. The average molecular weight is 832 g/mol. The maximum Gasteiger partial charge on any atom is 0.472 e. The number of nitrogens with two attached hydrogens (primary N) is 1. The number of phosphoric acid groups is 1. The molecule has 1 aliphatic rings. The molecule has 0 aliphatic heterocycles. The summed E-state index contributed by atoms with van der Waals surface area (Å²) in [5.74, 6) is -3.07. The van der Waals surface area contributed by atoms with Crippen LogP contribution in [-0.2, 0) is 37.5 Å². The lowest BCUT2D eigenvalue weighted by atomic mass is 9.89. The molecular formula is C42H74NO13P. The molecule has 0 radical (unpaired) electrons. The number of aliphatic hydroxyl groups is 3. The van der Waals surface area contributed by atoms with Crippen molar-refractivity contribution < 1.29 is 62.8 Å². The van der Waals surface area contributed by atoms with Gasteiger partial charge in [-0.15, -0.1) is 0 Å². The molecule has 0 saturated heterocycles. The number of phosphoric ester groups is 1. The van der Waals surface area contributed by atoms with Gasteiger partial charge in [0, 0.05) is 25.2 Å². The van der Waals surface area contributed by atoms with Gasteiger partial charge in [-0.25, -0.2) is 4.57 Å². The van der Waals surface area contributed by atoms with E-state index in [2.05, 4.69) is 30.5 Å². The molecule has 7 N–H and O–H groups in total. The van der Waals surface area contributed by atoms with E-state index in [9.17, 15) is 39.2 Å². The van der Waals surface area contributed by atoms with Gasteiger partial charge in [0.1, 0.15) is 12.6 Å². The Kier molecular flexibility index (Phi) is 29.9. The van der Waals surface area contributed by atoms with E-state index < -0.39 is 76.0 Å². The largest absolute Gasteiger partial charge is 0.480 e. The SMILES string of the molecule is CCCCCC/C=C\CCCCCCCC(=O)O[C@H](COC(=O)CCC/C=C/C[C@@H]1[C@@H](/C=C/[C@@H](O)CCCCC)[C@H](O)C[C@@H]1O)COP(=O)(O)OC[C@H](N)C(=O)O. The fourth-order valence-corrected chi connectivity index (χ4v) is 7.24. The second kappa shape index (κ2) is 32.4. The van der Waals surface area contributed by atoms with Gasteiger partial charge in [-0.3, -0.25) is 23.4 Å². The van der Waals surface area contributed by atoms with E-state index in [-0.39, 0.29) is 31.1 Å². The summed E-state index contributed by atoms with van der Waals surface area (Å²) in [6.07, 6.45) is 26.0. The van der Waals surface area contributed by atoms with Crippen LogP contribution in [0.3, 0.4) is 0 Å². The third-order valence-electron chi connectivity index (χ3n) is 9.93. The number of aliphatic carboxylic acids is 1. The normalized spacial score (nSPS) is 21.2. The summed E-state index contributed by atoms with van der Waals surface area (Å²) in [5, 5.41) is 40.1. The maximum atomic E-state index is 12.6.